The summed E-state index contributed by atoms with van der Waals surface area (Å²) in [5, 5.41) is 10.0. The van der Waals surface area contributed by atoms with Gasteiger partial charge in [-0.1, -0.05) is 0 Å². The number of esters is 1. The van der Waals surface area contributed by atoms with Gasteiger partial charge in [0, 0.05) is 42.8 Å². The smallest absolute Gasteiger partial charge is 0.334 e. The van der Waals surface area contributed by atoms with Gasteiger partial charge in [0.2, 0.25) is 0 Å². The average Bonchev–Trinajstić information content (AvgIpc) is 2.67. The van der Waals surface area contributed by atoms with Gasteiger partial charge in [-0.25, -0.2) is 14.8 Å². The summed E-state index contributed by atoms with van der Waals surface area (Å²) in [6.45, 7) is 3.39. The van der Waals surface area contributed by atoms with E-state index in [1.165, 1.54) is 7.11 Å². The molecule has 2 aromatic rings. The fourth-order valence-electron chi connectivity index (χ4n) is 3.10. The van der Waals surface area contributed by atoms with Crippen molar-refractivity contribution in [2.45, 2.75) is 25.9 Å². The Hall–Kier alpha value is -2.54. The van der Waals surface area contributed by atoms with Crippen LogP contribution in [0.15, 0.2) is 30.6 Å². The van der Waals surface area contributed by atoms with E-state index in [4.69, 9.17) is 0 Å². The van der Waals surface area contributed by atoms with E-state index in [0.29, 0.717) is 18.7 Å². The highest BCUT2D eigenvalue weighted by molar-refractivity contribution is 5.74. The van der Waals surface area contributed by atoms with Crippen molar-refractivity contribution >= 4 is 11.8 Å². The zero-order valence-electron chi connectivity index (χ0n) is 14.4. The van der Waals surface area contributed by atoms with Crippen LogP contribution in [0.25, 0.3) is 11.4 Å². The lowest BCUT2D eigenvalue weighted by molar-refractivity contribution is -0.153. The first kappa shape index (κ1) is 17.3. The second kappa shape index (κ2) is 7.57. The predicted octanol–water partition coefficient (Wildman–Crippen LogP) is 1.60. The first-order valence-corrected chi connectivity index (χ1v) is 8.35. The fraction of sp³-hybridized carbons (Fsp3) is 0.444. The van der Waals surface area contributed by atoms with Gasteiger partial charge in [-0.05, 0) is 37.8 Å². The van der Waals surface area contributed by atoms with Gasteiger partial charge >= 0.3 is 5.97 Å². The molecule has 1 aliphatic heterocycles. The van der Waals surface area contributed by atoms with Crippen LogP contribution in [0.4, 0.5) is 5.82 Å². The molecule has 1 saturated heterocycles. The minimum atomic E-state index is -1.05. The van der Waals surface area contributed by atoms with Crippen molar-refractivity contribution in [3.8, 4) is 11.4 Å². The van der Waals surface area contributed by atoms with Crippen molar-refractivity contribution in [1.82, 2.24) is 15.0 Å². The third-order valence-corrected chi connectivity index (χ3v) is 4.51. The molecule has 132 valence electrons. The van der Waals surface area contributed by atoms with E-state index < -0.39 is 12.1 Å². The summed E-state index contributed by atoms with van der Waals surface area (Å²) < 4.78 is 4.63. The molecule has 7 nitrogen and oxygen atoms in total. The molecule has 3 rings (SSSR count). The maximum absolute atomic E-state index is 11.5. The lowest BCUT2D eigenvalue weighted by atomic mass is 9.91. The molecule has 1 unspecified atom stereocenters. The quantitative estimate of drug-likeness (QED) is 0.844. The zero-order chi connectivity index (χ0) is 17.8. The number of hydrogen-bond acceptors (Lipinski definition) is 7. The summed E-state index contributed by atoms with van der Waals surface area (Å²) in [4.78, 5) is 26.9. The number of pyridine rings is 1. The van der Waals surface area contributed by atoms with Gasteiger partial charge in [-0.15, -0.1) is 0 Å². The van der Waals surface area contributed by atoms with Gasteiger partial charge in [-0.3, -0.25) is 4.98 Å². The van der Waals surface area contributed by atoms with E-state index in [9.17, 15) is 9.90 Å². The monoisotopic (exact) mass is 342 g/mol. The number of piperidine rings is 1. The fourth-order valence-corrected chi connectivity index (χ4v) is 3.10. The Labute approximate surface area is 146 Å². The summed E-state index contributed by atoms with van der Waals surface area (Å²) in [5.41, 5.74) is 1.77. The Balaban J connectivity index is 1.73. The molecule has 0 aromatic carbocycles. The van der Waals surface area contributed by atoms with Crippen molar-refractivity contribution in [2.24, 2.45) is 5.92 Å². The topological polar surface area (TPSA) is 88.4 Å². The number of rotatable bonds is 4. The van der Waals surface area contributed by atoms with Crippen molar-refractivity contribution in [1.29, 1.82) is 0 Å². The van der Waals surface area contributed by atoms with Gasteiger partial charge in [0.1, 0.15) is 5.82 Å². The van der Waals surface area contributed by atoms with Crippen LogP contribution < -0.4 is 4.90 Å². The third-order valence-electron chi connectivity index (χ3n) is 4.51. The van der Waals surface area contributed by atoms with Gasteiger partial charge in [0.15, 0.2) is 11.9 Å². The summed E-state index contributed by atoms with van der Waals surface area (Å²) in [5.74, 6) is 0.872. The van der Waals surface area contributed by atoms with Crippen molar-refractivity contribution in [3.63, 3.8) is 0 Å². The van der Waals surface area contributed by atoms with Crippen molar-refractivity contribution in [3.05, 3.63) is 36.3 Å². The number of hydrogen-bond donors (Lipinski definition) is 1. The molecule has 1 atom stereocenters. The number of carbonyl (C=O) groups excluding carboxylic acids is 1. The Kier molecular flexibility index (Phi) is 5.23. The molecule has 0 saturated carbocycles. The molecule has 1 fully saturated rings. The molecule has 1 N–H and O–H groups in total. The Morgan fingerprint density at radius 2 is 2.12 bits per heavy atom. The Morgan fingerprint density at radius 1 is 1.36 bits per heavy atom. The molecule has 0 aliphatic carbocycles. The van der Waals surface area contributed by atoms with E-state index in [2.05, 4.69) is 24.6 Å². The van der Waals surface area contributed by atoms with E-state index in [1.807, 2.05) is 25.1 Å². The molecule has 0 amide bonds. The van der Waals surface area contributed by atoms with Crippen molar-refractivity contribution < 1.29 is 14.6 Å². The maximum Gasteiger partial charge on any atom is 0.334 e. The number of aryl methyl sites for hydroxylation is 1. The number of ether oxygens (including phenoxy) is 1. The number of anilines is 1. The summed E-state index contributed by atoms with van der Waals surface area (Å²) in [7, 11) is 1.30. The molecule has 3 heterocycles. The highest BCUT2D eigenvalue weighted by Gasteiger charge is 2.31. The van der Waals surface area contributed by atoms with E-state index in [-0.39, 0.29) is 5.92 Å². The normalized spacial score (nSPS) is 16.5. The predicted molar refractivity (Wildman–Crippen MR) is 93.0 cm³/mol. The number of aliphatic hydroxyl groups is 1. The van der Waals surface area contributed by atoms with Crippen LogP contribution in [0.5, 0.6) is 0 Å². The first-order valence-electron chi connectivity index (χ1n) is 8.35. The van der Waals surface area contributed by atoms with Gasteiger partial charge in [0.05, 0.1) is 7.11 Å². The van der Waals surface area contributed by atoms with Gasteiger partial charge in [0.25, 0.3) is 0 Å². The second-order valence-electron chi connectivity index (χ2n) is 6.23. The summed E-state index contributed by atoms with van der Waals surface area (Å²) in [6.07, 6.45) is 3.84. The molecular weight excluding hydrogens is 320 g/mol. The van der Waals surface area contributed by atoms with Gasteiger partial charge < -0.3 is 14.7 Å². The molecule has 1 aliphatic rings. The number of carbonyl (C=O) groups is 1. The van der Waals surface area contributed by atoms with Crippen LogP contribution in [-0.4, -0.2) is 52.3 Å². The molecule has 0 spiro atoms. The lowest BCUT2D eigenvalue weighted by Gasteiger charge is -2.34. The largest absolute Gasteiger partial charge is 0.467 e. The minimum absolute atomic E-state index is 0.0792. The Morgan fingerprint density at radius 3 is 2.76 bits per heavy atom. The molecule has 2 aromatic heterocycles. The average molecular weight is 342 g/mol. The molecule has 25 heavy (non-hydrogen) atoms. The summed E-state index contributed by atoms with van der Waals surface area (Å²) >= 11 is 0. The van der Waals surface area contributed by atoms with Crippen LogP contribution in [0.3, 0.4) is 0 Å². The van der Waals surface area contributed by atoms with Crippen LogP contribution >= 0.6 is 0 Å². The van der Waals surface area contributed by atoms with Crippen LogP contribution in [0.2, 0.25) is 0 Å². The van der Waals surface area contributed by atoms with E-state index >= 15 is 0 Å². The lowest BCUT2D eigenvalue weighted by Crippen LogP contribution is -2.41. The third kappa shape index (κ3) is 3.93. The number of aromatic nitrogens is 3. The van der Waals surface area contributed by atoms with Crippen molar-refractivity contribution in [2.75, 3.05) is 25.1 Å². The minimum Gasteiger partial charge on any atom is -0.467 e. The SMILES string of the molecule is COC(=O)C(O)C1CCN(c2cc(C)nc(-c3cccnc3)n2)CC1. The van der Waals surface area contributed by atoms with E-state index in [1.54, 1.807) is 12.4 Å². The second-order valence-corrected chi connectivity index (χ2v) is 6.23. The molecule has 0 radical (unpaired) electrons. The standard InChI is InChI=1S/C18H22N4O3/c1-12-10-15(21-17(20-12)14-4-3-7-19-11-14)22-8-5-13(6-9-22)16(23)18(24)25-2/h3-4,7,10-11,13,16,23H,5-6,8-9H2,1-2H3. The molecule has 0 bridgehead atoms. The zero-order valence-corrected chi connectivity index (χ0v) is 14.4. The highest BCUT2D eigenvalue weighted by Crippen LogP contribution is 2.26. The van der Waals surface area contributed by atoms with Crippen LogP contribution in [-0.2, 0) is 9.53 Å². The Bertz CT molecular complexity index is 730. The number of nitrogens with zero attached hydrogens (tertiary/aromatic N) is 4. The maximum atomic E-state index is 11.5. The van der Waals surface area contributed by atoms with Gasteiger partial charge in [-0.2, -0.15) is 0 Å². The highest BCUT2D eigenvalue weighted by atomic mass is 16.5. The van der Waals surface area contributed by atoms with Crippen LogP contribution in [0, 0.1) is 12.8 Å². The molecular formula is C18H22N4O3. The van der Waals surface area contributed by atoms with Crippen LogP contribution in [0.1, 0.15) is 18.5 Å². The number of methoxy groups -OCH3 is 1. The molecule has 7 heteroatoms. The first-order chi connectivity index (χ1) is 12.1. The van der Waals surface area contributed by atoms with E-state index in [0.717, 1.165) is 30.2 Å². The summed E-state index contributed by atoms with van der Waals surface area (Å²) in [6, 6.07) is 5.75. The number of aliphatic hydroxyl groups excluding tert-OH is 1.